The lowest BCUT2D eigenvalue weighted by Crippen LogP contribution is -2.29. The molecule has 0 fully saturated rings. The first-order chi connectivity index (χ1) is 15.2. The molecule has 2 aromatic carbocycles. The number of fused-ring (bicyclic) bond motifs is 1. The number of hydrogen-bond donors (Lipinski definition) is 1. The highest BCUT2D eigenvalue weighted by molar-refractivity contribution is 6.33. The van der Waals surface area contributed by atoms with Crippen LogP contribution < -0.4 is 14.8 Å². The number of amides is 1. The third-order valence-corrected chi connectivity index (χ3v) is 4.90. The fourth-order valence-electron chi connectivity index (χ4n) is 3.09. The van der Waals surface area contributed by atoms with E-state index < -0.39 is 0 Å². The van der Waals surface area contributed by atoms with Crippen molar-refractivity contribution in [2.75, 3.05) is 20.3 Å². The van der Waals surface area contributed by atoms with Crippen molar-refractivity contribution in [3.8, 4) is 23.0 Å². The predicted molar refractivity (Wildman–Crippen MR) is 116 cm³/mol. The molecule has 0 bridgehead atoms. The van der Waals surface area contributed by atoms with Gasteiger partial charge in [-0.05, 0) is 24.3 Å². The number of ether oxygens (including phenoxy) is 2. The normalized spacial score (nSPS) is 10.8. The smallest absolute Gasteiger partial charge is 0.231 e. The Morgan fingerprint density at radius 1 is 1.06 bits per heavy atom. The van der Waals surface area contributed by atoms with Crippen LogP contribution in [0, 0.1) is 0 Å². The topological polar surface area (TPSA) is 90.6 Å². The molecule has 0 unspecified atom stereocenters. The van der Waals surface area contributed by atoms with Gasteiger partial charge in [-0.1, -0.05) is 41.9 Å². The zero-order chi connectivity index (χ0) is 21.6. The lowest BCUT2D eigenvalue weighted by Gasteiger charge is -2.10. The Hall–Kier alpha value is -3.65. The number of nitrogens with one attached hydrogen (secondary N) is 1. The summed E-state index contributed by atoms with van der Waals surface area (Å²) < 4.78 is 12.5. The number of benzene rings is 2. The van der Waals surface area contributed by atoms with Gasteiger partial charge in [-0.3, -0.25) is 4.79 Å². The van der Waals surface area contributed by atoms with Crippen LogP contribution in [0.25, 0.3) is 17.0 Å². The molecule has 1 N–H and O–H groups in total. The van der Waals surface area contributed by atoms with Crippen LogP contribution in [-0.2, 0) is 11.2 Å². The second kappa shape index (κ2) is 9.44. The molecule has 0 saturated carbocycles. The first-order valence-corrected chi connectivity index (χ1v) is 10.0. The minimum atomic E-state index is -0.115. The van der Waals surface area contributed by atoms with Crippen LogP contribution in [0.4, 0.5) is 0 Å². The van der Waals surface area contributed by atoms with Crippen LogP contribution in [0.2, 0.25) is 5.02 Å². The molecule has 0 saturated heterocycles. The van der Waals surface area contributed by atoms with Gasteiger partial charge in [-0.2, -0.15) is 4.52 Å². The molecular formula is C22H20ClN5O3. The number of nitrogens with zero attached hydrogens (tertiary/aromatic N) is 4. The summed E-state index contributed by atoms with van der Waals surface area (Å²) in [6, 6.07) is 18.3. The van der Waals surface area contributed by atoms with Gasteiger partial charge in [0, 0.05) is 17.2 Å². The number of methoxy groups -OCH3 is 1. The highest BCUT2D eigenvalue weighted by atomic mass is 35.5. The van der Waals surface area contributed by atoms with Gasteiger partial charge in [-0.25, -0.2) is 0 Å². The minimum Gasteiger partial charge on any atom is -0.496 e. The Morgan fingerprint density at radius 2 is 1.87 bits per heavy atom. The quantitative estimate of drug-likeness (QED) is 0.426. The van der Waals surface area contributed by atoms with Gasteiger partial charge < -0.3 is 14.8 Å². The molecule has 4 aromatic rings. The molecule has 8 nitrogen and oxygen atoms in total. The zero-order valence-electron chi connectivity index (χ0n) is 16.8. The summed E-state index contributed by atoms with van der Waals surface area (Å²) in [5.74, 6) is 1.49. The molecule has 0 aliphatic carbocycles. The minimum absolute atomic E-state index is 0.115. The summed E-state index contributed by atoms with van der Waals surface area (Å²) >= 11 is 6.28. The van der Waals surface area contributed by atoms with Crippen LogP contribution in [-0.4, -0.2) is 46.0 Å². The number of para-hydroxylation sites is 1. The lowest BCUT2D eigenvalue weighted by molar-refractivity contribution is -0.120. The van der Waals surface area contributed by atoms with Crippen molar-refractivity contribution >= 4 is 23.2 Å². The van der Waals surface area contributed by atoms with E-state index in [2.05, 4.69) is 20.6 Å². The predicted octanol–water partition coefficient (Wildman–Crippen LogP) is 3.19. The molecule has 158 valence electrons. The molecule has 2 aromatic heterocycles. The Balaban J connectivity index is 1.36. The summed E-state index contributed by atoms with van der Waals surface area (Å²) in [6.45, 7) is 0.604. The fraction of sp³-hybridized carbons (Fsp3) is 0.182. The van der Waals surface area contributed by atoms with E-state index in [-0.39, 0.29) is 18.9 Å². The summed E-state index contributed by atoms with van der Waals surface area (Å²) in [5, 5.41) is 16.1. The summed E-state index contributed by atoms with van der Waals surface area (Å²) in [5.41, 5.74) is 2.13. The maximum Gasteiger partial charge on any atom is 0.231 e. The van der Waals surface area contributed by atoms with E-state index in [1.807, 2.05) is 42.5 Å². The van der Waals surface area contributed by atoms with Crippen LogP contribution >= 0.6 is 11.6 Å². The van der Waals surface area contributed by atoms with E-state index in [1.165, 1.54) is 0 Å². The van der Waals surface area contributed by atoms with E-state index >= 15 is 0 Å². The molecule has 4 rings (SSSR count). The van der Waals surface area contributed by atoms with E-state index in [4.69, 9.17) is 21.1 Å². The molecule has 0 aliphatic rings. The van der Waals surface area contributed by atoms with Gasteiger partial charge in [-0.15, -0.1) is 15.3 Å². The highest BCUT2D eigenvalue weighted by Gasteiger charge is 2.13. The van der Waals surface area contributed by atoms with Crippen molar-refractivity contribution in [3.05, 3.63) is 71.2 Å². The molecule has 0 spiro atoms. The second-order valence-electron chi connectivity index (χ2n) is 6.63. The van der Waals surface area contributed by atoms with E-state index in [0.29, 0.717) is 34.7 Å². The van der Waals surface area contributed by atoms with E-state index in [9.17, 15) is 4.79 Å². The Bertz CT molecular complexity index is 1210. The highest BCUT2D eigenvalue weighted by Crippen LogP contribution is 2.26. The van der Waals surface area contributed by atoms with Crippen LogP contribution in [0.1, 0.15) is 5.56 Å². The van der Waals surface area contributed by atoms with E-state index in [1.54, 1.807) is 29.8 Å². The van der Waals surface area contributed by atoms with Crippen molar-refractivity contribution in [2.45, 2.75) is 6.42 Å². The monoisotopic (exact) mass is 437 g/mol. The molecule has 9 heteroatoms. The first kappa shape index (κ1) is 20.6. The molecule has 2 heterocycles. The number of rotatable bonds is 8. The average molecular weight is 438 g/mol. The van der Waals surface area contributed by atoms with Crippen molar-refractivity contribution < 1.29 is 14.3 Å². The number of hydrogen-bond acceptors (Lipinski definition) is 6. The SMILES string of the molecule is COc1ccccc1CC(=O)NCCOc1ccc2nnc(-c3ccccc3Cl)n2n1. The number of carbonyl (C=O) groups excluding carboxylic acids is 1. The summed E-state index contributed by atoms with van der Waals surface area (Å²) in [6.07, 6.45) is 0.232. The average Bonchev–Trinajstić information content (AvgIpc) is 3.20. The van der Waals surface area contributed by atoms with Crippen molar-refractivity contribution in [3.63, 3.8) is 0 Å². The van der Waals surface area contributed by atoms with Crippen LogP contribution in [0.3, 0.4) is 0 Å². The maximum atomic E-state index is 12.2. The molecule has 1 amide bonds. The van der Waals surface area contributed by atoms with Crippen LogP contribution in [0.5, 0.6) is 11.6 Å². The van der Waals surface area contributed by atoms with Gasteiger partial charge in [0.05, 0.1) is 25.1 Å². The molecule has 0 aliphatic heterocycles. The molecule has 0 atom stereocenters. The third kappa shape index (κ3) is 4.75. The third-order valence-electron chi connectivity index (χ3n) is 4.57. The molecule has 0 radical (unpaired) electrons. The Labute approximate surface area is 183 Å². The van der Waals surface area contributed by atoms with E-state index in [0.717, 1.165) is 11.1 Å². The number of aromatic nitrogens is 4. The van der Waals surface area contributed by atoms with Crippen molar-refractivity contribution in [1.82, 2.24) is 25.1 Å². The van der Waals surface area contributed by atoms with Gasteiger partial charge in [0.15, 0.2) is 11.5 Å². The largest absolute Gasteiger partial charge is 0.496 e. The Morgan fingerprint density at radius 3 is 2.71 bits per heavy atom. The summed E-state index contributed by atoms with van der Waals surface area (Å²) in [7, 11) is 1.58. The van der Waals surface area contributed by atoms with Gasteiger partial charge in [0.25, 0.3) is 0 Å². The maximum absolute atomic E-state index is 12.2. The summed E-state index contributed by atoms with van der Waals surface area (Å²) in [4.78, 5) is 12.2. The standard InChI is InChI=1S/C22H20ClN5O3/c1-30-18-9-5-2-6-15(18)14-20(29)24-12-13-31-21-11-10-19-25-26-22(28(19)27-21)16-7-3-4-8-17(16)23/h2-11H,12-14H2,1H3,(H,24,29). The van der Waals surface area contributed by atoms with Gasteiger partial charge in [0.1, 0.15) is 12.4 Å². The Kier molecular flexibility index (Phi) is 6.28. The lowest BCUT2D eigenvalue weighted by atomic mass is 10.1. The van der Waals surface area contributed by atoms with Crippen molar-refractivity contribution in [2.24, 2.45) is 0 Å². The number of halogens is 1. The number of carbonyl (C=O) groups is 1. The van der Waals surface area contributed by atoms with Gasteiger partial charge in [0.2, 0.25) is 11.8 Å². The molecular weight excluding hydrogens is 418 g/mol. The second-order valence-corrected chi connectivity index (χ2v) is 7.04. The van der Waals surface area contributed by atoms with Gasteiger partial charge >= 0.3 is 0 Å². The first-order valence-electron chi connectivity index (χ1n) is 9.64. The molecule has 31 heavy (non-hydrogen) atoms. The van der Waals surface area contributed by atoms with Crippen LogP contribution in [0.15, 0.2) is 60.7 Å². The zero-order valence-corrected chi connectivity index (χ0v) is 17.5. The fourth-order valence-corrected chi connectivity index (χ4v) is 3.31. The van der Waals surface area contributed by atoms with Crippen molar-refractivity contribution in [1.29, 1.82) is 0 Å².